The molecule has 0 amide bonds. The summed E-state index contributed by atoms with van der Waals surface area (Å²) in [7, 11) is 0. The lowest BCUT2D eigenvalue weighted by Crippen LogP contribution is -2.05. The number of carbonyl (C=O) groups is 1. The van der Waals surface area contributed by atoms with Crippen molar-refractivity contribution in [3.8, 4) is 5.75 Å². The number of rotatable bonds is 2. The third-order valence-electron chi connectivity index (χ3n) is 2.97. The van der Waals surface area contributed by atoms with Gasteiger partial charge in [0, 0.05) is 20.6 Å². The van der Waals surface area contributed by atoms with E-state index in [4.69, 9.17) is 16.3 Å². The number of aromatic hydroxyl groups is 1. The van der Waals surface area contributed by atoms with E-state index in [1.807, 2.05) is 0 Å². The quantitative estimate of drug-likeness (QED) is 0.631. The Morgan fingerprint density at radius 2 is 2.05 bits per heavy atom. The van der Waals surface area contributed by atoms with Crippen molar-refractivity contribution in [3.05, 3.63) is 68.8 Å². The maximum atomic E-state index is 11.9. The summed E-state index contributed by atoms with van der Waals surface area (Å²) in [5.74, 6) is -0.336. The van der Waals surface area contributed by atoms with Gasteiger partial charge in [0.05, 0.1) is 0 Å². The fourth-order valence-electron chi connectivity index (χ4n) is 1.94. The van der Waals surface area contributed by atoms with Gasteiger partial charge in [-0.1, -0.05) is 33.6 Å². The molecule has 0 saturated carbocycles. The van der Waals surface area contributed by atoms with Gasteiger partial charge < -0.3 is 9.84 Å². The van der Waals surface area contributed by atoms with Gasteiger partial charge in [0.25, 0.3) is 0 Å². The van der Waals surface area contributed by atoms with E-state index in [-0.39, 0.29) is 17.3 Å². The molecule has 22 heavy (non-hydrogen) atoms. The van der Waals surface area contributed by atoms with Crippen LogP contribution in [0.15, 0.2) is 57.6 Å². The van der Waals surface area contributed by atoms with Crippen molar-refractivity contribution in [1.29, 1.82) is 0 Å². The van der Waals surface area contributed by atoms with Crippen molar-refractivity contribution < 1.29 is 14.6 Å². The molecule has 2 aromatic carbocycles. The van der Waals surface area contributed by atoms with Crippen LogP contribution in [0.2, 0.25) is 5.02 Å². The predicted molar refractivity (Wildman–Crippen MR) is 87.9 cm³/mol. The molecule has 110 valence electrons. The van der Waals surface area contributed by atoms with Gasteiger partial charge in [0.1, 0.15) is 5.75 Å². The molecule has 0 spiro atoms. The Morgan fingerprint density at radius 1 is 1.23 bits per heavy atom. The minimum atomic E-state index is -0.575. The van der Waals surface area contributed by atoms with Crippen LogP contribution in [0.4, 0.5) is 0 Å². The first-order valence-electron chi connectivity index (χ1n) is 6.30. The predicted octanol–water partition coefficient (Wildman–Crippen LogP) is 4.15. The molecule has 1 aliphatic heterocycles. The second-order valence-corrected chi connectivity index (χ2v) is 5.90. The Labute approximate surface area is 139 Å². The molecule has 3 rings (SSSR count). The van der Waals surface area contributed by atoms with Crippen LogP contribution in [0.1, 0.15) is 11.1 Å². The first-order valence-corrected chi connectivity index (χ1v) is 7.47. The van der Waals surface area contributed by atoms with Crippen molar-refractivity contribution in [3.63, 3.8) is 0 Å². The monoisotopic (exact) mass is 377 g/mol. The average molecular weight is 379 g/mol. The summed E-state index contributed by atoms with van der Waals surface area (Å²) in [6.45, 7) is 0. The molecule has 1 heterocycles. The number of halogens is 2. The molecule has 2 aromatic rings. The third kappa shape index (κ3) is 3.05. The molecule has 0 aromatic heterocycles. The Kier molecular flexibility index (Phi) is 4.00. The molecule has 0 bridgehead atoms. The van der Waals surface area contributed by atoms with E-state index in [9.17, 15) is 9.90 Å². The maximum Gasteiger partial charge on any atom is 0.363 e. The zero-order valence-electron chi connectivity index (χ0n) is 11.1. The number of cyclic esters (lactones) is 1. The number of ether oxygens (including phenoxy) is 1. The maximum absolute atomic E-state index is 11.9. The summed E-state index contributed by atoms with van der Waals surface area (Å²) in [6, 6.07) is 11.8. The molecular formula is C16H9BrClNO3. The Hall–Kier alpha value is -2.11. The first-order chi connectivity index (χ1) is 10.5. The molecule has 0 aliphatic carbocycles. The number of esters is 1. The number of phenolic OH excluding ortho intramolecular Hbond substituents is 1. The molecular weight excluding hydrogens is 370 g/mol. The van der Waals surface area contributed by atoms with Crippen LogP contribution >= 0.6 is 27.5 Å². The van der Waals surface area contributed by atoms with Gasteiger partial charge in [0.2, 0.25) is 5.90 Å². The standard InChI is InChI=1S/C16H9BrClNO3/c17-11-4-5-14(20)10(6-11)8-13-16(21)22-15(19-13)9-2-1-3-12(18)7-9/h1-8,20H/b13-8-. The molecule has 0 atom stereocenters. The Bertz CT molecular complexity index is 830. The van der Waals surface area contributed by atoms with Gasteiger partial charge in [-0.2, -0.15) is 0 Å². The SMILES string of the molecule is O=C1OC(c2cccc(Cl)c2)=N/C1=C\c1cc(Br)ccc1O. The lowest BCUT2D eigenvalue weighted by molar-refractivity contribution is -0.129. The molecule has 4 nitrogen and oxygen atoms in total. The smallest absolute Gasteiger partial charge is 0.363 e. The van der Waals surface area contributed by atoms with Crippen LogP contribution < -0.4 is 0 Å². The molecule has 1 N–H and O–H groups in total. The number of aliphatic imine (C=N–C) groups is 1. The molecule has 0 fully saturated rings. The Morgan fingerprint density at radius 3 is 2.82 bits per heavy atom. The molecule has 1 aliphatic rings. The van der Waals surface area contributed by atoms with Crippen LogP contribution in [0.3, 0.4) is 0 Å². The van der Waals surface area contributed by atoms with Gasteiger partial charge in [-0.25, -0.2) is 9.79 Å². The lowest BCUT2D eigenvalue weighted by atomic mass is 10.1. The summed E-state index contributed by atoms with van der Waals surface area (Å²) < 4.78 is 5.93. The lowest BCUT2D eigenvalue weighted by Gasteiger charge is -1.99. The number of carbonyl (C=O) groups excluding carboxylic acids is 1. The number of hydrogen-bond donors (Lipinski definition) is 1. The summed E-state index contributed by atoms with van der Waals surface area (Å²) >= 11 is 9.23. The van der Waals surface area contributed by atoms with Crippen molar-refractivity contribution in [2.24, 2.45) is 4.99 Å². The highest BCUT2D eigenvalue weighted by molar-refractivity contribution is 9.10. The first kappa shape index (κ1) is 14.8. The number of nitrogens with zero attached hydrogens (tertiary/aromatic N) is 1. The average Bonchev–Trinajstić information content (AvgIpc) is 2.84. The normalized spacial score (nSPS) is 15.8. The van der Waals surface area contributed by atoms with E-state index < -0.39 is 5.97 Å². The molecule has 0 unspecified atom stereocenters. The zero-order chi connectivity index (χ0) is 15.7. The number of benzene rings is 2. The zero-order valence-corrected chi connectivity index (χ0v) is 13.4. The molecule has 0 radical (unpaired) electrons. The summed E-state index contributed by atoms with van der Waals surface area (Å²) in [4.78, 5) is 16.1. The van der Waals surface area contributed by atoms with Crippen LogP contribution in [0.5, 0.6) is 5.75 Å². The fourth-order valence-corrected chi connectivity index (χ4v) is 2.51. The van der Waals surface area contributed by atoms with Crippen LogP contribution in [0, 0.1) is 0 Å². The van der Waals surface area contributed by atoms with E-state index in [2.05, 4.69) is 20.9 Å². The minimum Gasteiger partial charge on any atom is -0.507 e. The van der Waals surface area contributed by atoms with Gasteiger partial charge >= 0.3 is 5.97 Å². The fraction of sp³-hybridized carbons (Fsp3) is 0. The van der Waals surface area contributed by atoms with Gasteiger partial charge in [-0.15, -0.1) is 0 Å². The number of phenols is 1. The second kappa shape index (κ2) is 5.94. The summed E-state index contributed by atoms with van der Waals surface area (Å²) in [5.41, 5.74) is 1.20. The number of hydrogen-bond acceptors (Lipinski definition) is 4. The van der Waals surface area contributed by atoms with Gasteiger partial charge in [-0.05, 0) is 42.5 Å². The van der Waals surface area contributed by atoms with E-state index in [1.165, 1.54) is 12.1 Å². The highest BCUT2D eigenvalue weighted by Crippen LogP contribution is 2.27. The van der Waals surface area contributed by atoms with Gasteiger partial charge in [-0.3, -0.25) is 0 Å². The van der Waals surface area contributed by atoms with Crippen LogP contribution in [-0.2, 0) is 9.53 Å². The van der Waals surface area contributed by atoms with E-state index in [0.29, 0.717) is 16.1 Å². The van der Waals surface area contributed by atoms with Crippen LogP contribution in [-0.4, -0.2) is 17.0 Å². The molecule has 0 saturated heterocycles. The minimum absolute atomic E-state index is 0.0508. The summed E-state index contributed by atoms with van der Waals surface area (Å²) in [6.07, 6.45) is 1.47. The topological polar surface area (TPSA) is 58.9 Å². The third-order valence-corrected chi connectivity index (χ3v) is 3.70. The van der Waals surface area contributed by atoms with Crippen molar-refractivity contribution in [2.75, 3.05) is 0 Å². The van der Waals surface area contributed by atoms with Gasteiger partial charge in [0.15, 0.2) is 5.70 Å². The molecule has 6 heteroatoms. The second-order valence-electron chi connectivity index (χ2n) is 4.55. The van der Waals surface area contributed by atoms with Crippen molar-refractivity contribution in [1.82, 2.24) is 0 Å². The highest BCUT2D eigenvalue weighted by atomic mass is 79.9. The van der Waals surface area contributed by atoms with E-state index >= 15 is 0 Å². The van der Waals surface area contributed by atoms with Crippen LogP contribution in [0.25, 0.3) is 6.08 Å². The highest BCUT2D eigenvalue weighted by Gasteiger charge is 2.24. The van der Waals surface area contributed by atoms with E-state index in [1.54, 1.807) is 36.4 Å². The van der Waals surface area contributed by atoms with Crippen molar-refractivity contribution >= 4 is 45.5 Å². The van der Waals surface area contributed by atoms with E-state index in [0.717, 1.165) is 4.47 Å². The van der Waals surface area contributed by atoms with Crippen molar-refractivity contribution in [2.45, 2.75) is 0 Å². The largest absolute Gasteiger partial charge is 0.507 e. The Balaban J connectivity index is 1.99. The summed E-state index contributed by atoms with van der Waals surface area (Å²) in [5, 5.41) is 10.3.